The van der Waals surface area contributed by atoms with E-state index in [1.807, 2.05) is 6.07 Å². The van der Waals surface area contributed by atoms with Gasteiger partial charge in [-0.05, 0) is 49.9 Å². The van der Waals surface area contributed by atoms with Crippen LogP contribution >= 0.6 is 11.8 Å². The largest absolute Gasteiger partial charge is 0.493 e. The second-order valence-corrected chi connectivity index (χ2v) is 8.77. The smallest absolute Gasteiger partial charge is 0.266 e. The lowest BCUT2D eigenvalue weighted by Crippen LogP contribution is -2.45. The molecule has 170 valence electrons. The van der Waals surface area contributed by atoms with Crippen LogP contribution < -0.4 is 20.3 Å². The van der Waals surface area contributed by atoms with E-state index < -0.39 is 5.54 Å². The quantitative estimate of drug-likeness (QED) is 0.422. The van der Waals surface area contributed by atoms with Crippen molar-refractivity contribution in [2.75, 3.05) is 20.0 Å². The number of rotatable bonds is 7. The highest BCUT2D eigenvalue weighted by molar-refractivity contribution is 7.99. The molecular weight excluding hydrogens is 440 g/mol. The van der Waals surface area contributed by atoms with Crippen molar-refractivity contribution in [1.82, 2.24) is 14.9 Å². The Hall–Kier alpha value is -3.51. The number of methoxy groups -OCH3 is 2. The van der Waals surface area contributed by atoms with Crippen LogP contribution in [0.2, 0.25) is 0 Å². The fourth-order valence-corrected chi connectivity index (χ4v) is 4.89. The molecule has 0 aliphatic heterocycles. The molecule has 1 saturated carbocycles. The zero-order chi connectivity index (χ0) is 23.4. The number of nitrogens with zero attached hydrogens (tertiary/aromatic N) is 3. The number of thioether (sulfide) groups is 1. The lowest BCUT2D eigenvalue weighted by atomic mass is 10.0. The van der Waals surface area contributed by atoms with Crippen LogP contribution in [0.5, 0.6) is 11.5 Å². The van der Waals surface area contributed by atoms with Gasteiger partial charge in [-0.15, -0.1) is 0 Å². The number of amides is 1. The predicted molar refractivity (Wildman–Crippen MR) is 126 cm³/mol. The number of fused-ring (bicyclic) bond motifs is 1. The first kappa shape index (κ1) is 22.7. The minimum Gasteiger partial charge on any atom is -0.493 e. The summed E-state index contributed by atoms with van der Waals surface area (Å²) in [5.41, 5.74) is 0.0480. The van der Waals surface area contributed by atoms with Crippen LogP contribution in [0.15, 0.2) is 52.4 Å². The zero-order valence-corrected chi connectivity index (χ0v) is 19.3. The van der Waals surface area contributed by atoms with Gasteiger partial charge in [-0.3, -0.25) is 14.2 Å². The molecule has 9 heteroatoms. The van der Waals surface area contributed by atoms with E-state index in [1.54, 1.807) is 43.5 Å². The van der Waals surface area contributed by atoms with Crippen LogP contribution in [-0.2, 0) is 4.79 Å². The lowest BCUT2D eigenvalue weighted by Gasteiger charge is -2.22. The van der Waals surface area contributed by atoms with Gasteiger partial charge in [0, 0.05) is 6.07 Å². The normalized spacial score (nSPS) is 14.6. The maximum atomic E-state index is 13.4. The molecule has 1 aliphatic rings. The van der Waals surface area contributed by atoms with E-state index in [0.29, 0.717) is 46.1 Å². The highest BCUT2D eigenvalue weighted by atomic mass is 32.2. The molecule has 1 heterocycles. The maximum absolute atomic E-state index is 13.4. The molecule has 0 unspecified atom stereocenters. The SMILES string of the molecule is COc1ccc(-n2c(SCC(=O)NC3(C#N)CCCC3)nc3ccccc3c2=O)cc1OC. The van der Waals surface area contributed by atoms with Gasteiger partial charge in [0.2, 0.25) is 5.91 Å². The third-order valence-corrected chi connectivity index (χ3v) is 6.69. The Bertz CT molecular complexity index is 1290. The Kier molecular flexibility index (Phi) is 6.56. The minimum atomic E-state index is -0.794. The van der Waals surface area contributed by atoms with Crippen LogP contribution in [0.1, 0.15) is 25.7 Å². The van der Waals surface area contributed by atoms with Crippen LogP contribution in [0.3, 0.4) is 0 Å². The molecule has 1 aliphatic carbocycles. The summed E-state index contributed by atoms with van der Waals surface area (Å²) < 4.78 is 12.2. The van der Waals surface area contributed by atoms with Gasteiger partial charge in [0.1, 0.15) is 5.54 Å². The van der Waals surface area contributed by atoms with E-state index in [1.165, 1.54) is 11.7 Å². The monoisotopic (exact) mass is 464 g/mol. The summed E-state index contributed by atoms with van der Waals surface area (Å²) in [6.45, 7) is 0. The predicted octanol–water partition coefficient (Wildman–Crippen LogP) is 3.45. The number of benzene rings is 2. The molecule has 4 rings (SSSR count). The van der Waals surface area contributed by atoms with Gasteiger partial charge < -0.3 is 14.8 Å². The average Bonchev–Trinajstić information content (AvgIpc) is 3.31. The second-order valence-electron chi connectivity index (χ2n) is 7.83. The van der Waals surface area contributed by atoms with E-state index in [4.69, 9.17) is 9.47 Å². The Balaban J connectivity index is 1.71. The van der Waals surface area contributed by atoms with E-state index >= 15 is 0 Å². The summed E-state index contributed by atoms with van der Waals surface area (Å²) in [5, 5.41) is 13.3. The molecule has 1 N–H and O–H groups in total. The second kappa shape index (κ2) is 9.55. The van der Waals surface area contributed by atoms with Gasteiger partial charge in [0.15, 0.2) is 16.7 Å². The third-order valence-electron chi connectivity index (χ3n) is 5.75. The first-order valence-electron chi connectivity index (χ1n) is 10.6. The molecule has 1 aromatic heterocycles. The van der Waals surface area contributed by atoms with Gasteiger partial charge in [-0.25, -0.2) is 4.98 Å². The fraction of sp³-hybridized carbons (Fsp3) is 0.333. The Morgan fingerprint density at radius 3 is 2.61 bits per heavy atom. The average molecular weight is 465 g/mol. The molecule has 1 amide bonds. The number of ether oxygens (including phenoxy) is 2. The van der Waals surface area contributed by atoms with E-state index in [9.17, 15) is 14.9 Å². The number of carbonyl (C=O) groups excluding carboxylic acids is 1. The van der Waals surface area contributed by atoms with Crippen LogP contribution in [0.25, 0.3) is 16.6 Å². The highest BCUT2D eigenvalue weighted by Crippen LogP contribution is 2.31. The van der Waals surface area contributed by atoms with Crippen LogP contribution in [0.4, 0.5) is 0 Å². The van der Waals surface area contributed by atoms with Gasteiger partial charge in [-0.2, -0.15) is 5.26 Å². The van der Waals surface area contributed by atoms with Crippen molar-refractivity contribution in [3.8, 4) is 23.3 Å². The van der Waals surface area contributed by atoms with Crippen LogP contribution in [0, 0.1) is 11.3 Å². The van der Waals surface area contributed by atoms with Gasteiger partial charge in [-0.1, -0.05) is 23.9 Å². The third kappa shape index (κ3) is 4.52. The maximum Gasteiger partial charge on any atom is 0.266 e. The molecular formula is C24H24N4O4S. The number of aromatic nitrogens is 2. The lowest BCUT2D eigenvalue weighted by molar-refractivity contribution is -0.119. The molecule has 3 aromatic rings. The van der Waals surface area contributed by atoms with E-state index in [2.05, 4.69) is 16.4 Å². The minimum absolute atomic E-state index is 0.0293. The summed E-state index contributed by atoms with van der Waals surface area (Å²) in [6.07, 6.45) is 3.16. The van der Waals surface area contributed by atoms with Crippen molar-refractivity contribution in [2.45, 2.75) is 36.4 Å². The molecule has 0 radical (unpaired) electrons. The number of hydrogen-bond donors (Lipinski definition) is 1. The molecule has 0 saturated heterocycles. The van der Waals surface area contributed by atoms with Crippen molar-refractivity contribution in [1.29, 1.82) is 5.26 Å². The highest BCUT2D eigenvalue weighted by Gasteiger charge is 2.35. The topological polar surface area (TPSA) is 106 Å². The molecule has 0 spiro atoms. The molecule has 8 nitrogen and oxygen atoms in total. The van der Waals surface area contributed by atoms with Crippen molar-refractivity contribution in [2.24, 2.45) is 0 Å². The Morgan fingerprint density at radius 1 is 1.18 bits per heavy atom. The van der Waals surface area contributed by atoms with E-state index in [0.717, 1.165) is 24.6 Å². The zero-order valence-electron chi connectivity index (χ0n) is 18.5. The number of carbonyl (C=O) groups is 1. The Labute approximate surface area is 195 Å². The van der Waals surface area contributed by atoms with Gasteiger partial charge >= 0.3 is 0 Å². The summed E-state index contributed by atoms with van der Waals surface area (Å²) in [5.74, 6) is 0.780. The number of nitrogens with one attached hydrogen (secondary N) is 1. The van der Waals surface area contributed by atoms with Crippen molar-refractivity contribution < 1.29 is 14.3 Å². The first-order chi connectivity index (χ1) is 16.0. The Morgan fingerprint density at radius 2 is 1.91 bits per heavy atom. The standard InChI is InChI=1S/C24H24N4O4S/c1-31-19-10-9-16(13-20(19)32-2)28-22(30)17-7-3-4-8-18(17)26-23(28)33-14-21(29)27-24(15-25)11-5-6-12-24/h3-4,7-10,13H,5-6,11-12,14H2,1-2H3,(H,27,29). The number of para-hydroxylation sites is 1. The van der Waals surface area contributed by atoms with Crippen LogP contribution in [-0.4, -0.2) is 41.0 Å². The molecule has 2 aromatic carbocycles. The molecule has 0 atom stereocenters. The van der Waals surface area contributed by atoms with Gasteiger partial charge in [0.25, 0.3) is 5.56 Å². The molecule has 0 bridgehead atoms. The van der Waals surface area contributed by atoms with E-state index in [-0.39, 0.29) is 17.2 Å². The summed E-state index contributed by atoms with van der Waals surface area (Å²) in [6, 6.07) is 14.5. The molecule has 33 heavy (non-hydrogen) atoms. The summed E-state index contributed by atoms with van der Waals surface area (Å²) in [4.78, 5) is 30.8. The van der Waals surface area contributed by atoms with Crippen molar-refractivity contribution in [3.05, 3.63) is 52.8 Å². The van der Waals surface area contributed by atoms with Gasteiger partial charge in [0.05, 0.1) is 42.6 Å². The first-order valence-corrected chi connectivity index (χ1v) is 11.6. The number of nitriles is 1. The van der Waals surface area contributed by atoms with Crippen molar-refractivity contribution in [3.63, 3.8) is 0 Å². The fourth-order valence-electron chi connectivity index (χ4n) is 4.08. The molecule has 1 fully saturated rings. The number of hydrogen-bond acceptors (Lipinski definition) is 7. The summed E-state index contributed by atoms with van der Waals surface area (Å²) >= 11 is 1.15. The summed E-state index contributed by atoms with van der Waals surface area (Å²) in [7, 11) is 3.07. The van der Waals surface area contributed by atoms with Crippen molar-refractivity contribution >= 4 is 28.6 Å².